The summed E-state index contributed by atoms with van der Waals surface area (Å²) >= 11 is 0. The molecule has 0 aliphatic carbocycles. The highest BCUT2D eigenvalue weighted by atomic mass is 16.5. The molecule has 2 atom stereocenters. The molecule has 5 heteroatoms. The molecule has 1 aromatic carbocycles. The number of ether oxygens (including phenoxy) is 1. The van der Waals surface area contributed by atoms with E-state index in [2.05, 4.69) is 34.6 Å². The summed E-state index contributed by atoms with van der Waals surface area (Å²) in [6.45, 7) is 8.71. The molecule has 3 aliphatic rings. The molecule has 0 radical (unpaired) electrons. The molecule has 5 rings (SSSR count). The number of carbonyl (C=O) groups excluding carboxylic acids is 1. The van der Waals surface area contributed by atoms with Crippen LogP contribution in [0.5, 0.6) is 0 Å². The number of rotatable bonds is 2. The molecular weight excluding hydrogens is 314 g/mol. The van der Waals surface area contributed by atoms with E-state index in [9.17, 15) is 4.79 Å². The van der Waals surface area contributed by atoms with Crippen molar-refractivity contribution in [1.29, 1.82) is 0 Å². The number of morpholine rings is 1. The predicted molar refractivity (Wildman–Crippen MR) is 96.7 cm³/mol. The highest BCUT2D eigenvalue weighted by Crippen LogP contribution is 2.42. The Kier molecular flexibility index (Phi) is 3.61. The molecule has 1 aromatic heterocycles. The van der Waals surface area contributed by atoms with Crippen LogP contribution in [-0.4, -0.2) is 59.7 Å². The molecule has 2 fully saturated rings. The van der Waals surface area contributed by atoms with E-state index in [1.54, 1.807) is 0 Å². The van der Waals surface area contributed by atoms with Crippen LogP contribution >= 0.6 is 0 Å². The summed E-state index contributed by atoms with van der Waals surface area (Å²) in [6.07, 6.45) is 1.25. The molecule has 3 aliphatic heterocycles. The van der Waals surface area contributed by atoms with Crippen LogP contribution in [-0.2, 0) is 22.6 Å². The van der Waals surface area contributed by atoms with Gasteiger partial charge in [-0.05, 0) is 37.6 Å². The van der Waals surface area contributed by atoms with Crippen molar-refractivity contribution in [3.63, 3.8) is 0 Å². The molecule has 132 valence electrons. The first-order valence-electron chi connectivity index (χ1n) is 9.40. The minimum Gasteiger partial charge on any atom is -0.378 e. The van der Waals surface area contributed by atoms with E-state index in [1.807, 2.05) is 4.90 Å². The molecule has 2 saturated heterocycles. The quantitative estimate of drug-likeness (QED) is 0.841. The predicted octanol–water partition coefficient (Wildman–Crippen LogP) is 2.11. The van der Waals surface area contributed by atoms with Crippen LogP contribution in [0.3, 0.4) is 0 Å². The fraction of sp³-hybridized carbons (Fsp3) is 0.550. The summed E-state index contributed by atoms with van der Waals surface area (Å²) in [7, 11) is 0. The Morgan fingerprint density at radius 3 is 2.92 bits per heavy atom. The second-order valence-electron chi connectivity index (χ2n) is 7.68. The Balaban J connectivity index is 1.58. The number of fused-ring (bicyclic) bond motifs is 6. The number of hydrogen-bond donors (Lipinski definition) is 0. The van der Waals surface area contributed by atoms with Gasteiger partial charge in [0.1, 0.15) is 6.54 Å². The van der Waals surface area contributed by atoms with Crippen LogP contribution in [0.1, 0.15) is 29.2 Å². The molecule has 1 amide bonds. The monoisotopic (exact) mass is 339 g/mol. The molecule has 2 unspecified atom stereocenters. The lowest BCUT2D eigenvalue weighted by Crippen LogP contribution is -2.42. The zero-order valence-corrected chi connectivity index (χ0v) is 14.8. The number of hydrogen-bond acceptors (Lipinski definition) is 3. The number of nitrogens with zero attached hydrogens (tertiary/aromatic N) is 3. The van der Waals surface area contributed by atoms with Crippen LogP contribution in [0.25, 0.3) is 10.9 Å². The van der Waals surface area contributed by atoms with Crippen molar-refractivity contribution >= 4 is 16.8 Å². The second-order valence-corrected chi connectivity index (χ2v) is 7.68. The molecule has 25 heavy (non-hydrogen) atoms. The summed E-state index contributed by atoms with van der Waals surface area (Å²) < 4.78 is 7.69. The molecule has 0 spiro atoms. The Morgan fingerprint density at radius 2 is 2.08 bits per heavy atom. The molecule has 0 saturated carbocycles. The van der Waals surface area contributed by atoms with Gasteiger partial charge in [-0.3, -0.25) is 9.69 Å². The maximum atomic E-state index is 12.9. The summed E-state index contributed by atoms with van der Waals surface area (Å²) in [5, 5.41) is 1.37. The largest absolute Gasteiger partial charge is 0.378 e. The molecule has 4 heterocycles. The van der Waals surface area contributed by atoms with Crippen molar-refractivity contribution in [2.45, 2.75) is 32.4 Å². The van der Waals surface area contributed by atoms with Crippen molar-refractivity contribution in [3.8, 4) is 0 Å². The van der Waals surface area contributed by atoms with Crippen LogP contribution in [0.2, 0.25) is 0 Å². The lowest BCUT2D eigenvalue weighted by molar-refractivity contribution is -0.135. The molecule has 2 bridgehead atoms. The van der Waals surface area contributed by atoms with E-state index in [0.29, 0.717) is 38.8 Å². The number of benzene rings is 1. The minimum absolute atomic E-state index is 0.219. The maximum Gasteiger partial charge on any atom is 0.242 e. The first kappa shape index (κ1) is 15.4. The van der Waals surface area contributed by atoms with E-state index in [0.717, 1.165) is 6.54 Å². The van der Waals surface area contributed by atoms with Gasteiger partial charge in [-0.2, -0.15) is 0 Å². The number of aryl methyl sites for hydroxylation is 1. The van der Waals surface area contributed by atoms with Gasteiger partial charge in [-0.25, -0.2) is 0 Å². The Morgan fingerprint density at radius 1 is 1.24 bits per heavy atom. The smallest absolute Gasteiger partial charge is 0.242 e. The van der Waals surface area contributed by atoms with Gasteiger partial charge in [-0.1, -0.05) is 11.6 Å². The lowest BCUT2D eigenvalue weighted by atomic mass is 9.93. The van der Waals surface area contributed by atoms with Gasteiger partial charge in [0.25, 0.3) is 0 Å². The van der Waals surface area contributed by atoms with Gasteiger partial charge in [0, 0.05) is 48.7 Å². The Hall–Kier alpha value is -1.85. The van der Waals surface area contributed by atoms with Gasteiger partial charge in [0.05, 0.1) is 13.2 Å². The molecule has 5 nitrogen and oxygen atoms in total. The fourth-order valence-electron chi connectivity index (χ4n) is 4.83. The van der Waals surface area contributed by atoms with Crippen LogP contribution in [0.15, 0.2) is 18.2 Å². The topological polar surface area (TPSA) is 37.7 Å². The molecular formula is C20H25N3O2. The van der Waals surface area contributed by atoms with E-state index in [4.69, 9.17) is 4.74 Å². The number of aromatic nitrogens is 1. The van der Waals surface area contributed by atoms with Crippen LogP contribution in [0, 0.1) is 6.92 Å². The fourth-order valence-corrected chi connectivity index (χ4v) is 4.83. The van der Waals surface area contributed by atoms with Gasteiger partial charge >= 0.3 is 0 Å². The third kappa shape index (κ3) is 2.49. The third-order valence-electron chi connectivity index (χ3n) is 6.08. The van der Waals surface area contributed by atoms with Crippen molar-refractivity contribution in [2.24, 2.45) is 0 Å². The van der Waals surface area contributed by atoms with E-state index < -0.39 is 0 Å². The SMILES string of the molecule is Cc1ccc2c(c1)c1c(n2CC(=O)N2CCOCC2)CN2CCC1C2. The normalized spacial score (nSPS) is 25.4. The Labute approximate surface area is 148 Å². The van der Waals surface area contributed by atoms with E-state index >= 15 is 0 Å². The van der Waals surface area contributed by atoms with Crippen molar-refractivity contribution in [2.75, 3.05) is 39.4 Å². The lowest BCUT2D eigenvalue weighted by Gasteiger charge is -2.28. The first-order chi connectivity index (χ1) is 12.2. The number of amides is 1. The van der Waals surface area contributed by atoms with Crippen molar-refractivity contribution in [3.05, 3.63) is 35.0 Å². The minimum atomic E-state index is 0.219. The second kappa shape index (κ2) is 5.85. The first-order valence-corrected chi connectivity index (χ1v) is 9.40. The van der Waals surface area contributed by atoms with Crippen LogP contribution in [0.4, 0.5) is 0 Å². The summed E-state index contributed by atoms with van der Waals surface area (Å²) in [5.74, 6) is 0.851. The van der Waals surface area contributed by atoms with Gasteiger partial charge < -0.3 is 14.2 Å². The summed E-state index contributed by atoms with van der Waals surface area (Å²) in [4.78, 5) is 17.4. The van der Waals surface area contributed by atoms with Crippen LogP contribution < -0.4 is 0 Å². The highest BCUT2D eigenvalue weighted by Gasteiger charge is 2.36. The van der Waals surface area contributed by atoms with E-state index in [1.165, 1.54) is 47.2 Å². The van der Waals surface area contributed by atoms with Gasteiger partial charge in [0.2, 0.25) is 5.91 Å². The average molecular weight is 339 g/mol. The molecule has 0 N–H and O–H groups in total. The highest BCUT2D eigenvalue weighted by molar-refractivity contribution is 5.89. The zero-order valence-electron chi connectivity index (χ0n) is 14.8. The maximum absolute atomic E-state index is 12.9. The zero-order chi connectivity index (χ0) is 17.0. The number of carbonyl (C=O) groups is 1. The standard InChI is InChI=1S/C20H25N3O2/c1-14-2-3-17-16(10-14)20-15-4-5-21(11-15)12-18(20)23(17)13-19(24)22-6-8-25-9-7-22/h2-3,10,15H,4-9,11-13H2,1H3. The third-order valence-corrected chi connectivity index (χ3v) is 6.08. The van der Waals surface area contributed by atoms with E-state index in [-0.39, 0.29) is 5.91 Å². The summed E-state index contributed by atoms with van der Waals surface area (Å²) in [6, 6.07) is 6.69. The van der Waals surface area contributed by atoms with Crippen molar-refractivity contribution < 1.29 is 9.53 Å². The Bertz CT molecular complexity index is 835. The average Bonchev–Trinajstić information content (AvgIpc) is 3.15. The van der Waals surface area contributed by atoms with Crippen molar-refractivity contribution in [1.82, 2.24) is 14.4 Å². The van der Waals surface area contributed by atoms with Gasteiger partial charge in [0.15, 0.2) is 0 Å². The molecule has 2 aromatic rings. The van der Waals surface area contributed by atoms with Gasteiger partial charge in [-0.15, -0.1) is 0 Å². The summed E-state index contributed by atoms with van der Waals surface area (Å²) in [5.41, 5.74) is 5.41.